The zero-order chi connectivity index (χ0) is 11.0. The normalized spacial score (nSPS) is 23.8. The number of anilines is 2. The molecule has 1 aromatic rings. The van der Waals surface area contributed by atoms with E-state index in [1.807, 2.05) is 12.1 Å². The topological polar surface area (TPSA) is 38.5 Å². The standard InChI is InChI=1S/C13H18N2O/c14-12-4-1-5-13-11(12)6-7-15(13)9-10-3-2-8-16-10/h1,4-5,10H,2-3,6-9,14H2/t10-/m0/s1. The molecule has 3 rings (SSSR count). The van der Waals surface area contributed by atoms with Gasteiger partial charge in [0.2, 0.25) is 0 Å². The summed E-state index contributed by atoms with van der Waals surface area (Å²) in [4.78, 5) is 2.42. The number of nitrogens with two attached hydrogens (primary N) is 1. The van der Waals surface area contributed by atoms with Gasteiger partial charge in [-0.1, -0.05) is 6.07 Å². The maximum Gasteiger partial charge on any atom is 0.0750 e. The van der Waals surface area contributed by atoms with Crippen LogP contribution in [0.5, 0.6) is 0 Å². The van der Waals surface area contributed by atoms with Crippen molar-refractivity contribution in [3.8, 4) is 0 Å². The summed E-state index contributed by atoms with van der Waals surface area (Å²) in [7, 11) is 0. The molecule has 0 amide bonds. The van der Waals surface area contributed by atoms with Gasteiger partial charge in [0.05, 0.1) is 6.10 Å². The van der Waals surface area contributed by atoms with E-state index < -0.39 is 0 Å². The predicted octanol–water partition coefficient (Wildman–Crippen LogP) is 1.81. The lowest BCUT2D eigenvalue weighted by molar-refractivity contribution is 0.116. The Bertz CT molecular complexity index is 386. The number of nitrogen functional groups attached to an aromatic ring is 1. The summed E-state index contributed by atoms with van der Waals surface area (Å²) >= 11 is 0. The Balaban J connectivity index is 1.78. The van der Waals surface area contributed by atoms with E-state index in [4.69, 9.17) is 10.5 Å². The molecule has 3 heteroatoms. The number of hydrogen-bond donors (Lipinski definition) is 1. The highest BCUT2D eigenvalue weighted by Gasteiger charge is 2.25. The van der Waals surface area contributed by atoms with Crippen molar-refractivity contribution in [1.82, 2.24) is 0 Å². The van der Waals surface area contributed by atoms with Gasteiger partial charge in [0, 0.05) is 36.6 Å². The highest BCUT2D eigenvalue weighted by atomic mass is 16.5. The van der Waals surface area contributed by atoms with Crippen LogP contribution < -0.4 is 10.6 Å². The molecule has 86 valence electrons. The average Bonchev–Trinajstić information content (AvgIpc) is 2.90. The van der Waals surface area contributed by atoms with Crippen molar-refractivity contribution in [1.29, 1.82) is 0 Å². The van der Waals surface area contributed by atoms with Crippen LogP contribution in [-0.4, -0.2) is 25.8 Å². The molecule has 0 bridgehead atoms. The van der Waals surface area contributed by atoms with Crippen LogP contribution in [-0.2, 0) is 11.2 Å². The Hall–Kier alpha value is -1.22. The molecule has 16 heavy (non-hydrogen) atoms. The first-order valence-electron chi connectivity index (χ1n) is 6.08. The molecule has 1 saturated heterocycles. The molecule has 1 aromatic carbocycles. The first-order chi connectivity index (χ1) is 7.84. The number of benzene rings is 1. The SMILES string of the molecule is Nc1cccc2c1CCN2C[C@@H]1CCCO1. The molecular formula is C13H18N2O. The lowest BCUT2D eigenvalue weighted by atomic mass is 10.1. The summed E-state index contributed by atoms with van der Waals surface area (Å²) in [5, 5.41) is 0. The predicted molar refractivity (Wildman–Crippen MR) is 65.7 cm³/mol. The molecule has 2 N–H and O–H groups in total. The molecule has 0 spiro atoms. The molecule has 3 nitrogen and oxygen atoms in total. The van der Waals surface area contributed by atoms with Gasteiger partial charge < -0.3 is 15.4 Å². The largest absolute Gasteiger partial charge is 0.398 e. The molecular weight excluding hydrogens is 200 g/mol. The number of rotatable bonds is 2. The van der Waals surface area contributed by atoms with Crippen molar-refractivity contribution in [2.75, 3.05) is 30.3 Å². The fourth-order valence-corrected chi connectivity index (χ4v) is 2.75. The fraction of sp³-hybridized carbons (Fsp3) is 0.538. The van der Waals surface area contributed by atoms with Gasteiger partial charge in [-0.2, -0.15) is 0 Å². The lowest BCUT2D eigenvalue weighted by Crippen LogP contribution is -2.30. The van der Waals surface area contributed by atoms with Crippen LogP contribution in [0.15, 0.2) is 18.2 Å². The molecule has 1 fully saturated rings. The van der Waals surface area contributed by atoms with Crippen LogP contribution in [0, 0.1) is 0 Å². The van der Waals surface area contributed by atoms with Crippen LogP contribution >= 0.6 is 0 Å². The second-order valence-corrected chi connectivity index (χ2v) is 4.68. The third kappa shape index (κ3) is 1.65. The summed E-state index contributed by atoms with van der Waals surface area (Å²) in [6, 6.07) is 6.21. The van der Waals surface area contributed by atoms with E-state index in [9.17, 15) is 0 Å². The van der Waals surface area contributed by atoms with Gasteiger partial charge >= 0.3 is 0 Å². The van der Waals surface area contributed by atoms with Crippen LogP contribution in [0.1, 0.15) is 18.4 Å². The summed E-state index contributed by atoms with van der Waals surface area (Å²) in [5.41, 5.74) is 9.56. The summed E-state index contributed by atoms with van der Waals surface area (Å²) in [6.07, 6.45) is 3.91. The molecule has 2 aliphatic heterocycles. The maximum absolute atomic E-state index is 5.98. The zero-order valence-electron chi connectivity index (χ0n) is 9.48. The number of ether oxygens (including phenoxy) is 1. The van der Waals surface area contributed by atoms with Gasteiger partial charge in [0.15, 0.2) is 0 Å². The quantitative estimate of drug-likeness (QED) is 0.769. The third-order valence-corrected chi connectivity index (χ3v) is 3.61. The molecule has 2 aliphatic rings. The van der Waals surface area contributed by atoms with Crippen LogP contribution in [0.25, 0.3) is 0 Å². The Morgan fingerprint density at radius 3 is 3.19 bits per heavy atom. The highest BCUT2D eigenvalue weighted by Crippen LogP contribution is 2.32. The van der Waals surface area contributed by atoms with E-state index in [1.165, 1.54) is 24.1 Å². The minimum Gasteiger partial charge on any atom is -0.398 e. The van der Waals surface area contributed by atoms with Gasteiger partial charge in [-0.25, -0.2) is 0 Å². The van der Waals surface area contributed by atoms with E-state index in [0.29, 0.717) is 6.10 Å². The van der Waals surface area contributed by atoms with Crippen LogP contribution in [0.4, 0.5) is 11.4 Å². The molecule has 0 aliphatic carbocycles. The van der Waals surface area contributed by atoms with Gasteiger partial charge in [-0.3, -0.25) is 0 Å². The second-order valence-electron chi connectivity index (χ2n) is 4.68. The van der Waals surface area contributed by atoms with Crippen LogP contribution in [0.2, 0.25) is 0 Å². The Labute approximate surface area is 96.2 Å². The van der Waals surface area contributed by atoms with E-state index in [1.54, 1.807) is 0 Å². The van der Waals surface area contributed by atoms with Gasteiger partial charge in [-0.15, -0.1) is 0 Å². The van der Waals surface area contributed by atoms with Crippen molar-refractivity contribution in [3.63, 3.8) is 0 Å². The zero-order valence-corrected chi connectivity index (χ0v) is 9.48. The minimum absolute atomic E-state index is 0.424. The summed E-state index contributed by atoms with van der Waals surface area (Å²) < 4.78 is 5.69. The van der Waals surface area contributed by atoms with Crippen molar-refractivity contribution in [2.24, 2.45) is 0 Å². The average molecular weight is 218 g/mol. The van der Waals surface area contributed by atoms with Gasteiger partial charge in [-0.05, 0) is 31.4 Å². The summed E-state index contributed by atoms with van der Waals surface area (Å²) in [6.45, 7) is 3.04. The molecule has 1 atom stereocenters. The van der Waals surface area contributed by atoms with E-state index in [2.05, 4.69) is 11.0 Å². The van der Waals surface area contributed by atoms with E-state index >= 15 is 0 Å². The van der Waals surface area contributed by atoms with E-state index in [0.717, 1.165) is 31.8 Å². The molecule has 0 aromatic heterocycles. The fourth-order valence-electron chi connectivity index (χ4n) is 2.75. The molecule has 0 saturated carbocycles. The maximum atomic E-state index is 5.98. The summed E-state index contributed by atoms with van der Waals surface area (Å²) in [5.74, 6) is 0. The first-order valence-corrected chi connectivity index (χ1v) is 6.08. The molecule has 2 heterocycles. The minimum atomic E-state index is 0.424. The van der Waals surface area contributed by atoms with Gasteiger partial charge in [0.1, 0.15) is 0 Å². The highest BCUT2D eigenvalue weighted by molar-refractivity contribution is 5.68. The van der Waals surface area contributed by atoms with Gasteiger partial charge in [0.25, 0.3) is 0 Å². The van der Waals surface area contributed by atoms with E-state index in [-0.39, 0.29) is 0 Å². The smallest absolute Gasteiger partial charge is 0.0750 e. The Morgan fingerprint density at radius 1 is 1.44 bits per heavy atom. The number of fused-ring (bicyclic) bond motifs is 1. The lowest BCUT2D eigenvalue weighted by Gasteiger charge is -2.22. The number of hydrogen-bond acceptors (Lipinski definition) is 3. The second kappa shape index (κ2) is 3.98. The Kier molecular flexibility index (Phi) is 2.48. The Morgan fingerprint density at radius 2 is 2.38 bits per heavy atom. The first kappa shape index (κ1) is 9.97. The molecule has 0 unspecified atom stereocenters. The van der Waals surface area contributed by atoms with Crippen molar-refractivity contribution in [2.45, 2.75) is 25.4 Å². The van der Waals surface area contributed by atoms with Crippen molar-refractivity contribution < 1.29 is 4.74 Å². The van der Waals surface area contributed by atoms with Crippen LogP contribution in [0.3, 0.4) is 0 Å². The monoisotopic (exact) mass is 218 g/mol. The van der Waals surface area contributed by atoms with Crippen molar-refractivity contribution in [3.05, 3.63) is 23.8 Å². The number of nitrogens with zero attached hydrogens (tertiary/aromatic N) is 1. The van der Waals surface area contributed by atoms with Crippen molar-refractivity contribution >= 4 is 11.4 Å². The third-order valence-electron chi connectivity index (χ3n) is 3.61. The molecule has 0 radical (unpaired) electrons.